The Balaban J connectivity index is 0.988. The van der Waals surface area contributed by atoms with Crippen molar-refractivity contribution in [1.29, 1.82) is 0 Å². The van der Waals surface area contributed by atoms with Crippen LogP contribution in [0.5, 0.6) is 0 Å². The van der Waals surface area contributed by atoms with Gasteiger partial charge in [-0.15, -0.1) is 0 Å². The maximum absolute atomic E-state index is 13.8. The third-order valence-electron chi connectivity index (χ3n) is 9.77. The molecule has 5 heterocycles. The van der Waals surface area contributed by atoms with Crippen molar-refractivity contribution in [3.05, 3.63) is 88.6 Å². The Labute approximate surface area is 243 Å². The van der Waals surface area contributed by atoms with Gasteiger partial charge in [-0.3, -0.25) is 14.5 Å². The summed E-state index contributed by atoms with van der Waals surface area (Å²) in [6.45, 7) is 1.46. The minimum absolute atomic E-state index is 0.00651. The molecular formula is C33H31N5O4. The van der Waals surface area contributed by atoms with E-state index in [4.69, 9.17) is 4.74 Å². The molecule has 0 saturated carbocycles. The van der Waals surface area contributed by atoms with Crippen LogP contribution in [0.2, 0.25) is 0 Å². The van der Waals surface area contributed by atoms with Gasteiger partial charge >= 0.3 is 6.09 Å². The molecule has 2 unspecified atom stereocenters. The number of aromatic nitrogens is 1. The summed E-state index contributed by atoms with van der Waals surface area (Å²) in [5, 5.41) is 2.98. The topological polar surface area (TPSA) is 95.1 Å². The number of hydrogen-bond acceptors (Lipinski definition) is 6. The summed E-state index contributed by atoms with van der Waals surface area (Å²) in [5.74, 6) is 0.728. The maximum atomic E-state index is 13.8. The molecule has 5 aliphatic rings. The molecule has 9 nitrogen and oxygen atoms in total. The number of para-hydroxylation sites is 1. The number of nitrogens with one attached hydrogen (secondary N) is 1. The molecule has 1 saturated heterocycles. The smallest absolute Gasteiger partial charge is 0.414 e. The Morgan fingerprint density at radius 1 is 1.00 bits per heavy atom. The highest BCUT2D eigenvalue weighted by atomic mass is 16.6. The number of benzene rings is 2. The lowest BCUT2D eigenvalue weighted by Crippen LogP contribution is -2.54. The largest absolute Gasteiger partial charge is 0.444 e. The van der Waals surface area contributed by atoms with Crippen LogP contribution < -0.4 is 15.1 Å². The summed E-state index contributed by atoms with van der Waals surface area (Å²) in [4.78, 5) is 49.8. The molecule has 1 aliphatic carbocycles. The maximum Gasteiger partial charge on any atom is 0.414 e. The van der Waals surface area contributed by atoms with Crippen LogP contribution in [0.15, 0.2) is 60.8 Å². The zero-order valence-electron chi connectivity index (χ0n) is 23.4. The van der Waals surface area contributed by atoms with E-state index in [0.29, 0.717) is 51.2 Å². The molecular weight excluding hydrogens is 530 g/mol. The van der Waals surface area contributed by atoms with Crippen molar-refractivity contribution in [3.63, 3.8) is 0 Å². The predicted molar refractivity (Wildman–Crippen MR) is 158 cm³/mol. The normalized spacial score (nSPS) is 24.2. The van der Waals surface area contributed by atoms with Gasteiger partial charge in [0.15, 0.2) is 0 Å². The number of cyclic esters (lactones) is 1. The second kappa shape index (κ2) is 9.17. The summed E-state index contributed by atoms with van der Waals surface area (Å²) in [7, 11) is 1.97. The number of carbonyl (C=O) groups excluding carboxylic acids is 3. The molecule has 1 spiro atoms. The van der Waals surface area contributed by atoms with E-state index in [1.165, 1.54) is 5.56 Å². The third kappa shape index (κ3) is 3.62. The highest BCUT2D eigenvalue weighted by Crippen LogP contribution is 2.48. The van der Waals surface area contributed by atoms with Crippen LogP contribution in [0.3, 0.4) is 0 Å². The first kappa shape index (κ1) is 25.1. The van der Waals surface area contributed by atoms with Crippen LogP contribution in [0, 0.1) is 0 Å². The van der Waals surface area contributed by atoms with Crippen LogP contribution in [0.25, 0.3) is 6.08 Å². The molecule has 1 fully saturated rings. The van der Waals surface area contributed by atoms with Gasteiger partial charge < -0.3 is 19.9 Å². The van der Waals surface area contributed by atoms with E-state index in [-0.39, 0.29) is 23.9 Å². The second-order valence-electron chi connectivity index (χ2n) is 12.0. The quantitative estimate of drug-likeness (QED) is 0.508. The van der Waals surface area contributed by atoms with Gasteiger partial charge in [-0.2, -0.15) is 0 Å². The molecule has 3 amide bonds. The number of amides is 3. The van der Waals surface area contributed by atoms with Gasteiger partial charge in [0.25, 0.3) is 0 Å². The van der Waals surface area contributed by atoms with Crippen molar-refractivity contribution in [2.24, 2.45) is 0 Å². The van der Waals surface area contributed by atoms with Crippen molar-refractivity contribution in [3.8, 4) is 0 Å². The number of pyridine rings is 1. The molecule has 9 heteroatoms. The lowest BCUT2D eigenvalue weighted by molar-refractivity contribution is -0.132. The number of likely N-dealkylation sites (tertiary alicyclic amines) is 1. The standard InChI is InChI=1S/C33H31N5O4/c1-36-27(30(39)37-13-10-24(11-14-37)38-26-7-3-2-5-21(26)19-42-32(38)41)9-8-20-15-22-17-33(18-23(22)16-28(20)36)25-6-4-12-34-29(25)35-31(33)40/h2-9,12,15-16,24,27H,10-11,13-14,17-19H2,1H3,(H,34,35,40). The van der Waals surface area contributed by atoms with Gasteiger partial charge in [0.1, 0.15) is 18.5 Å². The number of likely N-dealkylation sites (N-methyl/N-ethyl adjacent to an activating group) is 1. The van der Waals surface area contributed by atoms with Gasteiger partial charge in [-0.1, -0.05) is 36.4 Å². The number of carbonyl (C=O) groups is 3. The van der Waals surface area contributed by atoms with Crippen LogP contribution in [0.1, 0.15) is 40.7 Å². The molecule has 1 N–H and O–H groups in total. The zero-order chi connectivity index (χ0) is 28.6. The first-order valence-electron chi connectivity index (χ1n) is 14.6. The summed E-state index contributed by atoms with van der Waals surface area (Å²) >= 11 is 0. The number of nitrogens with zero attached hydrogens (tertiary/aromatic N) is 4. The molecule has 2 aromatic carbocycles. The van der Waals surface area contributed by atoms with Crippen LogP contribution >= 0.6 is 0 Å². The van der Waals surface area contributed by atoms with E-state index in [2.05, 4.69) is 27.3 Å². The van der Waals surface area contributed by atoms with Crippen molar-refractivity contribution in [1.82, 2.24) is 9.88 Å². The molecule has 8 rings (SSSR count). The number of hydrogen-bond donors (Lipinski definition) is 1. The van der Waals surface area contributed by atoms with E-state index >= 15 is 0 Å². The van der Waals surface area contributed by atoms with Crippen LogP contribution in [-0.2, 0) is 39.2 Å². The Morgan fingerprint density at radius 2 is 1.79 bits per heavy atom. The Morgan fingerprint density at radius 3 is 2.62 bits per heavy atom. The molecule has 0 radical (unpaired) electrons. The zero-order valence-corrected chi connectivity index (χ0v) is 23.4. The number of rotatable bonds is 2. The summed E-state index contributed by atoms with van der Waals surface area (Å²) < 4.78 is 5.44. The molecule has 4 aliphatic heterocycles. The van der Waals surface area contributed by atoms with Gasteiger partial charge in [-0.05, 0) is 66.6 Å². The average Bonchev–Trinajstić information content (AvgIpc) is 3.52. The van der Waals surface area contributed by atoms with Gasteiger partial charge in [0.05, 0.1) is 11.1 Å². The lowest BCUT2D eigenvalue weighted by Gasteiger charge is -2.42. The van der Waals surface area contributed by atoms with Crippen molar-refractivity contribution >= 4 is 41.2 Å². The predicted octanol–water partition coefficient (Wildman–Crippen LogP) is 4.05. The number of anilines is 3. The van der Waals surface area contributed by atoms with Gasteiger partial charge in [0.2, 0.25) is 11.8 Å². The molecule has 0 bridgehead atoms. The monoisotopic (exact) mass is 561 g/mol. The fourth-order valence-electron chi connectivity index (χ4n) is 7.54. The van der Waals surface area contributed by atoms with Crippen molar-refractivity contribution < 1.29 is 19.1 Å². The number of fused-ring (bicyclic) bond motifs is 5. The highest BCUT2D eigenvalue weighted by molar-refractivity contribution is 6.06. The SMILES string of the molecule is CN1c2cc3c(cc2C=CC1C(=O)N1CCC(N2C(=O)OCc4ccccc42)CC1)CC1(C3)C(=O)Nc2ncccc21. The number of piperidine rings is 1. The van der Waals surface area contributed by atoms with Crippen LogP contribution in [0.4, 0.5) is 22.0 Å². The average molecular weight is 562 g/mol. The summed E-state index contributed by atoms with van der Waals surface area (Å²) in [6.07, 6.45) is 8.07. The Hall–Kier alpha value is -4.66. The van der Waals surface area contributed by atoms with E-state index in [0.717, 1.165) is 33.6 Å². The van der Waals surface area contributed by atoms with Crippen LogP contribution in [-0.4, -0.2) is 60.0 Å². The molecule has 3 aromatic rings. The first-order chi connectivity index (χ1) is 20.4. The molecule has 2 atom stereocenters. The molecule has 1 aromatic heterocycles. The third-order valence-corrected chi connectivity index (χ3v) is 9.77. The fourth-order valence-corrected chi connectivity index (χ4v) is 7.54. The fraction of sp³-hybridized carbons (Fsp3) is 0.333. The minimum Gasteiger partial charge on any atom is -0.444 e. The Bertz CT molecular complexity index is 1690. The van der Waals surface area contributed by atoms with Gasteiger partial charge in [0, 0.05) is 49.2 Å². The van der Waals surface area contributed by atoms with E-state index < -0.39 is 11.5 Å². The second-order valence-corrected chi connectivity index (χ2v) is 12.0. The number of ether oxygens (including phenoxy) is 1. The van der Waals surface area contributed by atoms with E-state index in [1.54, 1.807) is 11.1 Å². The van der Waals surface area contributed by atoms with Gasteiger partial charge in [-0.25, -0.2) is 9.78 Å². The molecule has 42 heavy (non-hydrogen) atoms. The molecule has 212 valence electrons. The lowest BCUT2D eigenvalue weighted by atomic mass is 9.79. The Kier molecular flexibility index (Phi) is 5.48. The minimum atomic E-state index is -0.626. The van der Waals surface area contributed by atoms with Crippen molar-refractivity contribution in [2.75, 3.05) is 35.3 Å². The summed E-state index contributed by atoms with van der Waals surface area (Å²) in [5.41, 5.74) is 6.63. The van der Waals surface area contributed by atoms with E-state index in [9.17, 15) is 14.4 Å². The highest BCUT2D eigenvalue weighted by Gasteiger charge is 2.51. The summed E-state index contributed by atoms with van der Waals surface area (Å²) in [6, 6.07) is 15.7. The van der Waals surface area contributed by atoms with E-state index in [1.807, 2.05) is 60.5 Å². The first-order valence-corrected chi connectivity index (χ1v) is 14.6. The van der Waals surface area contributed by atoms with Crippen molar-refractivity contribution in [2.45, 2.75) is 49.8 Å².